The molecule has 2 aliphatic rings. The molecule has 1 atom stereocenters. The van der Waals surface area contributed by atoms with E-state index in [9.17, 15) is 4.79 Å². The van der Waals surface area contributed by atoms with E-state index in [0.29, 0.717) is 24.7 Å². The van der Waals surface area contributed by atoms with Gasteiger partial charge in [-0.25, -0.2) is 0 Å². The first-order chi connectivity index (χ1) is 12.0. The van der Waals surface area contributed by atoms with E-state index < -0.39 is 0 Å². The summed E-state index contributed by atoms with van der Waals surface area (Å²) >= 11 is 0. The molecule has 0 aliphatic carbocycles. The molecule has 0 aromatic heterocycles. The molecule has 2 N–H and O–H groups in total. The molecule has 1 unspecified atom stereocenters. The van der Waals surface area contributed by atoms with Gasteiger partial charge >= 0.3 is 0 Å². The van der Waals surface area contributed by atoms with Gasteiger partial charge in [-0.1, -0.05) is 0 Å². The number of piperazine rings is 1. The average Bonchev–Trinajstić information content (AvgIpc) is 2.61. The summed E-state index contributed by atoms with van der Waals surface area (Å²) in [5, 5.41) is 7.15. The fourth-order valence-electron chi connectivity index (χ4n) is 3.79. The molecule has 6 heteroatoms. The van der Waals surface area contributed by atoms with Crippen LogP contribution in [0.5, 0.6) is 0 Å². The fourth-order valence-corrected chi connectivity index (χ4v) is 3.79. The first-order valence-electron chi connectivity index (χ1n) is 10.1. The Labute approximate surface area is 154 Å². The molecular formula is C19H39N5O. The molecule has 0 radical (unpaired) electrons. The molecule has 0 bridgehead atoms. The molecule has 146 valence electrons. The number of hydrogen-bond acceptors (Lipinski definition) is 5. The van der Waals surface area contributed by atoms with Gasteiger partial charge in [-0.2, -0.15) is 0 Å². The molecule has 1 amide bonds. The van der Waals surface area contributed by atoms with E-state index in [1.54, 1.807) is 0 Å². The van der Waals surface area contributed by atoms with Crippen LogP contribution in [0, 0.1) is 0 Å². The topological polar surface area (TPSA) is 50.9 Å². The molecule has 2 heterocycles. The van der Waals surface area contributed by atoms with Crippen LogP contribution in [0.3, 0.4) is 0 Å². The zero-order chi connectivity index (χ0) is 18.2. The highest BCUT2D eigenvalue weighted by atomic mass is 16.2. The van der Waals surface area contributed by atoms with Crippen molar-refractivity contribution in [1.29, 1.82) is 0 Å². The number of likely N-dealkylation sites (N-methyl/N-ethyl adjacent to an activating group) is 1. The van der Waals surface area contributed by atoms with Gasteiger partial charge in [-0.3, -0.25) is 14.6 Å². The zero-order valence-electron chi connectivity index (χ0n) is 16.8. The van der Waals surface area contributed by atoms with Gasteiger partial charge in [0.05, 0.1) is 6.54 Å². The molecule has 0 aromatic carbocycles. The lowest BCUT2D eigenvalue weighted by atomic mass is 10.0. The van der Waals surface area contributed by atoms with Crippen molar-refractivity contribution in [2.45, 2.75) is 58.2 Å². The Bertz CT molecular complexity index is 389. The van der Waals surface area contributed by atoms with Crippen LogP contribution < -0.4 is 10.6 Å². The number of rotatable bonds is 8. The van der Waals surface area contributed by atoms with Gasteiger partial charge in [0.15, 0.2) is 0 Å². The minimum atomic E-state index is 0.282. The predicted molar refractivity (Wildman–Crippen MR) is 104 cm³/mol. The Hall–Kier alpha value is -0.690. The molecular weight excluding hydrogens is 314 g/mol. The van der Waals surface area contributed by atoms with Gasteiger partial charge < -0.3 is 15.5 Å². The summed E-state index contributed by atoms with van der Waals surface area (Å²) in [5.74, 6) is 0.282. The van der Waals surface area contributed by atoms with Gasteiger partial charge in [0.2, 0.25) is 5.91 Å². The van der Waals surface area contributed by atoms with E-state index in [0.717, 1.165) is 52.2 Å². The highest BCUT2D eigenvalue weighted by molar-refractivity contribution is 5.78. The Morgan fingerprint density at radius 2 is 1.80 bits per heavy atom. The Morgan fingerprint density at radius 1 is 1.16 bits per heavy atom. The van der Waals surface area contributed by atoms with Crippen LogP contribution in [0.4, 0.5) is 0 Å². The number of nitrogens with zero attached hydrogens (tertiary/aromatic N) is 3. The number of hydrogen-bond donors (Lipinski definition) is 2. The highest BCUT2D eigenvalue weighted by Gasteiger charge is 2.23. The Balaban J connectivity index is 1.61. The minimum Gasteiger partial charge on any atom is -0.339 e. The lowest BCUT2D eigenvalue weighted by Crippen LogP contribution is -2.52. The van der Waals surface area contributed by atoms with Gasteiger partial charge in [0.1, 0.15) is 0 Å². The Morgan fingerprint density at radius 3 is 2.40 bits per heavy atom. The van der Waals surface area contributed by atoms with E-state index in [2.05, 4.69) is 48.3 Å². The summed E-state index contributed by atoms with van der Waals surface area (Å²) in [5.41, 5.74) is 0. The van der Waals surface area contributed by atoms with Crippen LogP contribution in [0.1, 0.15) is 40.0 Å². The summed E-state index contributed by atoms with van der Waals surface area (Å²) in [6, 6.07) is 1.74. The molecule has 0 aromatic rings. The predicted octanol–water partition coefficient (Wildman–Crippen LogP) is 0.591. The lowest BCUT2D eigenvalue weighted by molar-refractivity contribution is -0.134. The number of amides is 1. The molecule has 6 nitrogen and oxygen atoms in total. The maximum Gasteiger partial charge on any atom is 0.236 e. The third kappa shape index (κ3) is 7.21. The van der Waals surface area contributed by atoms with E-state index in [4.69, 9.17) is 0 Å². The van der Waals surface area contributed by atoms with Gasteiger partial charge in [0, 0.05) is 44.3 Å². The minimum absolute atomic E-state index is 0.282. The molecule has 25 heavy (non-hydrogen) atoms. The van der Waals surface area contributed by atoms with Crippen molar-refractivity contribution in [3.05, 3.63) is 0 Å². The van der Waals surface area contributed by atoms with Gasteiger partial charge in [-0.05, 0) is 66.7 Å². The van der Waals surface area contributed by atoms with Crippen molar-refractivity contribution in [1.82, 2.24) is 25.3 Å². The first-order valence-corrected chi connectivity index (χ1v) is 10.1. The lowest BCUT2D eigenvalue weighted by Gasteiger charge is -2.37. The van der Waals surface area contributed by atoms with Crippen molar-refractivity contribution >= 4 is 5.91 Å². The summed E-state index contributed by atoms with van der Waals surface area (Å²) in [6.45, 7) is 14.2. The van der Waals surface area contributed by atoms with Gasteiger partial charge in [-0.15, -0.1) is 0 Å². The van der Waals surface area contributed by atoms with Crippen LogP contribution in [0.15, 0.2) is 0 Å². The van der Waals surface area contributed by atoms with Crippen LogP contribution in [-0.2, 0) is 4.79 Å². The number of piperidine rings is 1. The summed E-state index contributed by atoms with van der Waals surface area (Å²) < 4.78 is 0. The largest absolute Gasteiger partial charge is 0.339 e. The summed E-state index contributed by atoms with van der Waals surface area (Å²) in [6.07, 6.45) is 3.54. The highest BCUT2D eigenvalue weighted by Crippen LogP contribution is 2.08. The SMILES string of the molecule is CC(CCN(C)CC(=O)N1CCN(C(C)C)CC1)NC1CCNCC1. The van der Waals surface area contributed by atoms with E-state index in [1.807, 2.05) is 4.90 Å². The van der Waals surface area contributed by atoms with Crippen LogP contribution in [0.25, 0.3) is 0 Å². The maximum atomic E-state index is 12.5. The van der Waals surface area contributed by atoms with E-state index in [-0.39, 0.29) is 5.91 Å². The summed E-state index contributed by atoms with van der Waals surface area (Å²) in [4.78, 5) is 19.1. The Kier molecular flexibility index (Phi) is 8.62. The quantitative estimate of drug-likeness (QED) is 0.669. The smallest absolute Gasteiger partial charge is 0.236 e. The molecule has 2 aliphatic heterocycles. The van der Waals surface area contributed by atoms with E-state index >= 15 is 0 Å². The molecule has 2 saturated heterocycles. The van der Waals surface area contributed by atoms with Crippen molar-refractivity contribution in [3.63, 3.8) is 0 Å². The third-order valence-corrected chi connectivity index (χ3v) is 5.61. The van der Waals surface area contributed by atoms with Crippen molar-refractivity contribution < 1.29 is 4.79 Å². The van der Waals surface area contributed by atoms with Crippen LogP contribution in [-0.4, -0.2) is 98.1 Å². The maximum absolute atomic E-state index is 12.5. The third-order valence-electron chi connectivity index (χ3n) is 5.61. The van der Waals surface area contributed by atoms with Gasteiger partial charge in [0.25, 0.3) is 0 Å². The van der Waals surface area contributed by atoms with Crippen LogP contribution in [0.2, 0.25) is 0 Å². The second-order valence-corrected chi connectivity index (χ2v) is 8.13. The fraction of sp³-hybridized carbons (Fsp3) is 0.947. The average molecular weight is 354 g/mol. The van der Waals surface area contributed by atoms with E-state index in [1.165, 1.54) is 12.8 Å². The zero-order valence-corrected chi connectivity index (χ0v) is 16.8. The standard InChI is InChI=1S/C19H39N5O/c1-16(2)23-11-13-24(14-12-23)19(25)15-22(4)10-7-17(3)21-18-5-8-20-9-6-18/h16-18,20-21H,5-15H2,1-4H3. The molecule has 0 spiro atoms. The molecule has 0 saturated carbocycles. The number of nitrogens with one attached hydrogen (secondary N) is 2. The molecule has 2 rings (SSSR count). The second-order valence-electron chi connectivity index (χ2n) is 8.13. The van der Waals surface area contributed by atoms with Crippen molar-refractivity contribution in [3.8, 4) is 0 Å². The number of carbonyl (C=O) groups is 1. The summed E-state index contributed by atoms with van der Waals surface area (Å²) in [7, 11) is 2.07. The van der Waals surface area contributed by atoms with Crippen molar-refractivity contribution in [2.75, 3.05) is 59.4 Å². The van der Waals surface area contributed by atoms with Crippen LogP contribution >= 0.6 is 0 Å². The molecule has 2 fully saturated rings. The van der Waals surface area contributed by atoms with Crippen molar-refractivity contribution in [2.24, 2.45) is 0 Å². The number of carbonyl (C=O) groups excluding carboxylic acids is 1. The second kappa shape index (κ2) is 10.5. The normalized spacial score (nSPS) is 21.9. The first kappa shape index (κ1) is 20.6. The monoisotopic (exact) mass is 353 g/mol.